The molecule has 0 radical (unpaired) electrons. The summed E-state index contributed by atoms with van der Waals surface area (Å²) < 4.78 is 4.66. The van der Waals surface area contributed by atoms with Crippen molar-refractivity contribution in [1.82, 2.24) is 9.97 Å². The Labute approximate surface area is 176 Å². The van der Waals surface area contributed by atoms with Crippen LogP contribution in [0.5, 0.6) is 0 Å². The van der Waals surface area contributed by atoms with Crippen molar-refractivity contribution in [3.05, 3.63) is 40.3 Å². The zero-order valence-corrected chi connectivity index (χ0v) is 17.5. The maximum atomic E-state index is 12.3. The molecule has 0 bridgehead atoms. The first kappa shape index (κ1) is 19.7. The third-order valence-electron chi connectivity index (χ3n) is 4.74. The van der Waals surface area contributed by atoms with Crippen molar-refractivity contribution >= 4 is 56.7 Å². The molecule has 1 amide bonds. The van der Waals surface area contributed by atoms with Crippen LogP contribution in [0.1, 0.15) is 33.6 Å². The largest absolute Gasteiger partial charge is 0.465 e. The number of rotatable bonds is 5. The van der Waals surface area contributed by atoms with Crippen molar-refractivity contribution in [1.29, 1.82) is 0 Å². The summed E-state index contributed by atoms with van der Waals surface area (Å²) in [6.45, 7) is 0. The minimum Gasteiger partial charge on any atom is -0.465 e. The highest BCUT2D eigenvalue weighted by Gasteiger charge is 2.20. The number of aryl methyl sites for hydroxylation is 2. The van der Waals surface area contributed by atoms with Gasteiger partial charge in [0.25, 0.3) is 0 Å². The zero-order chi connectivity index (χ0) is 20.4. The Morgan fingerprint density at radius 2 is 1.97 bits per heavy atom. The Bertz CT molecular complexity index is 1080. The zero-order valence-electron chi connectivity index (χ0n) is 15.9. The van der Waals surface area contributed by atoms with E-state index >= 15 is 0 Å². The van der Waals surface area contributed by atoms with Gasteiger partial charge in [-0.2, -0.15) is 0 Å². The van der Waals surface area contributed by atoms with Gasteiger partial charge in [0, 0.05) is 10.6 Å². The second-order valence-corrected chi connectivity index (χ2v) is 8.71. The second kappa shape index (κ2) is 8.38. The van der Waals surface area contributed by atoms with E-state index in [9.17, 15) is 9.59 Å². The highest BCUT2D eigenvalue weighted by Crippen LogP contribution is 2.38. The number of nitrogen functional groups attached to an aromatic ring is 1. The first-order valence-corrected chi connectivity index (χ1v) is 11.0. The molecule has 0 fully saturated rings. The first-order chi connectivity index (χ1) is 14.0. The molecule has 1 aliphatic rings. The standard InChI is InChI=1S/C20H20N4O3S2/c1-27-19(26)11-6-8-12(9-7-11)22-15(25)10-28-20-23-17(21)16-13-4-2-3-5-14(13)29-18(16)24-20/h6-9H,2-5,10H2,1H3,(H,22,25)(H2,21,23,24). The van der Waals surface area contributed by atoms with Crippen LogP contribution in [0.15, 0.2) is 29.4 Å². The molecular weight excluding hydrogens is 408 g/mol. The van der Waals surface area contributed by atoms with Gasteiger partial charge in [0.15, 0.2) is 5.16 Å². The number of thioether (sulfide) groups is 1. The van der Waals surface area contributed by atoms with Gasteiger partial charge in [-0.05, 0) is 55.5 Å². The van der Waals surface area contributed by atoms with Gasteiger partial charge < -0.3 is 15.8 Å². The molecule has 150 valence electrons. The number of carbonyl (C=O) groups is 2. The minimum atomic E-state index is -0.418. The van der Waals surface area contributed by atoms with Gasteiger partial charge in [-0.25, -0.2) is 14.8 Å². The summed E-state index contributed by atoms with van der Waals surface area (Å²) in [5.74, 6) is 0.0532. The van der Waals surface area contributed by atoms with Crippen molar-refractivity contribution in [2.75, 3.05) is 23.9 Å². The van der Waals surface area contributed by atoms with E-state index in [1.807, 2.05) is 0 Å². The number of esters is 1. The van der Waals surface area contributed by atoms with Gasteiger partial charge in [-0.15, -0.1) is 11.3 Å². The first-order valence-electron chi connectivity index (χ1n) is 9.24. The molecule has 0 aliphatic heterocycles. The number of amides is 1. The van der Waals surface area contributed by atoms with Gasteiger partial charge in [0.05, 0.1) is 23.8 Å². The fraction of sp³-hybridized carbons (Fsp3) is 0.300. The van der Waals surface area contributed by atoms with E-state index in [4.69, 9.17) is 5.73 Å². The van der Waals surface area contributed by atoms with Crippen molar-refractivity contribution in [2.24, 2.45) is 0 Å². The third kappa shape index (κ3) is 4.20. The molecule has 3 aromatic rings. The van der Waals surface area contributed by atoms with Gasteiger partial charge in [-0.1, -0.05) is 11.8 Å². The lowest BCUT2D eigenvalue weighted by Gasteiger charge is -2.10. The quantitative estimate of drug-likeness (QED) is 0.363. The molecule has 9 heteroatoms. The predicted octanol–water partition coefficient (Wildman–Crippen LogP) is 3.67. The molecule has 0 saturated heterocycles. The monoisotopic (exact) mass is 428 g/mol. The molecule has 2 aromatic heterocycles. The molecule has 4 rings (SSSR count). The molecular formula is C20H20N4O3S2. The molecule has 1 aromatic carbocycles. The third-order valence-corrected chi connectivity index (χ3v) is 6.78. The number of carbonyl (C=O) groups excluding carboxylic acids is 2. The number of hydrogen-bond donors (Lipinski definition) is 2. The SMILES string of the molecule is COC(=O)c1ccc(NC(=O)CSc2nc(N)c3c4c(sc3n2)CCCC4)cc1. The topological polar surface area (TPSA) is 107 Å². The van der Waals surface area contributed by atoms with E-state index in [0.29, 0.717) is 22.2 Å². The van der Waals surface area contributed by atoms with E-state index in [-0.39, 0.29) is 11.7 Å². The summed E-state index contributed by atoms with van der Waals surface area (Å²) in [6, 6.07) is 6.52. The Morgan fingerprint density at radius 3 is 2.72 bits per heavy atom. The van der Waals surface area contributed by atoms with Crippen LogP contribution in [0.2, 0.25) is 0 Å². The summed E-state index contributed by atoms with van der Waals surface area (Å²) in [5, 5.41) is 4.29. The van der Waals surface area contributed by atoms with Gasteiger partial charge >= 0.3 is 5.97 Å². The Morgan fingerprint density at radius 1 is 1.21 bits per heavy atom. The molecule has 0 spiro atoms. The van der Waals surface area contributed by atoms with Crippen LogP contribution in [-0.4, -0.2) is 34.7 Å². The van der Waals surface area contributed by atoms with E-state index in [0.717, 1.165) is 23.1 Å². The van der Waals surface area contributed by atoms with Gasteiger partial charge in [0.2, 0.25) is 5.91 Å². The molecule has 0 unspecified atom stereocenters. The van der Waals surface area contributed by atoms with Gasteiger partial charge in [-0.3, -0.25) is 4.79 Å². The number of ether oxygens (including phenoxy) is 1. The number of fused-ring (bicyclic) bond motifs is 3. The predicted molar refractivity (Wildman–Crippen MR) is 116 cm³/mol. The van der Waals surface area contributed by atoms with Crippen LogP contribution in [-0.2, 0) is 22.4 Å². The molecule has 3 N–H and O–H groups in total. The summed E-state index contributed by atoms with van der Waals surface area (Å²) in [4.78, 5) is 35.0. The van der Waals surface area contributed by atoms with E-state index in [1.54, 1.807) is 35.6 Å². The average Bonchev–Trinajstić information content (AvgIpc) is 3.11. The Hall–Kier alpha value is -2.65. The van der Waals surface area contributed by atoms with Crippen LogP contribution >= 0.6 is 23.1 Å². The fourth-order valence-corrected chi connectivity index (χ4v) is 5.34. The van der Waals surface area contributed by atoms with Crippen LogP contribution in [0.3, 0.4) is 0 Å². The lowest BCUT2D eigenvalue weighted by atomic mass is 9.97. The van der Waals surface area contributed by atoms with E-state index in [1.165, 1.54) is 42.2 Å². The van der Waals surface area contributed by atoms with Crippen LogP contribution < -0.4 is 11.1 Å². The van der Waals surface area contributed by atoms with Crippen molar-refractivity contribution in [3.8, 4) is 0 Å². The number of nitrogens with one attached hydrogen (secondary N) is 1. The number of nitrogens with zero attached hydrogens (tertiary/aromatic N) is 2. The Kier molecular flexibility index (Phi) is 5.68. The Balaban J connectivity index is 1.41. The molecule has 0 saturated carbocycles. The lowest BCUT2D eigenvalue weighted by Crippen LogP contribution is -2.14. The average molecular weight is 429 g/mol. The van der Waals surface area contributed by atoms with Crippen LogP contribution in [0.25, 0.3) is 10.2 Å². The number of benzene rings is 1. The number of methoxy groups -OCH3 is 1. The fourth-order valence-electron chi connectivity index (χ4n) is 3.36. The molecule has 1 aliphatic carbocycles. The second-order valence-electron chi connectivity index (χ2n) is 6.69. The van der Waals surface area contributed by atoms with Crippen molar-refractivity contribution in [3.63, 3.8) is 0 Å². The summed E-state index contributed by atoms with van der Waals surface area (Å²) in [7, 11) is 1.33. The van der Waals surface area contributed by atoms with Crippen LogP contribution in [0, 0.1) is 0 Å². The number of anilines is 2. The molecule has 7 nitrogen and oxygen atoms in total. The number of hydrogen-bond acceptors (Lipinski definition) is 8. The molecule has 29 heavy (non-hydrogen) atoms. The summed E-state index contributed by atoms with van der Waals surface area (Å²) in [5.41, 5.74) is 8.54. The number of thiophene rings is 1. The van der Waals surface area contributed by atoms with E-state index < -0.39 is 5.97 Å². The van der Waals surface area contributed by atoms with Crippen LogP contribution in [0.4, 0.5) is 11.5 Å². The lowest BCUT2D eigenvalue weighted by molar-refractivity contribution is -0.113. The highest BCUT2D eigenvalue weighted by molar-refractivity contribution is 7.99. The van der Waals surface area contributed by atoms with Gasteiger partial charge in [0.1, 0.15) is 10.6 Å². The maximum Gasteiger partial charge on any atom is 0.337 e. The molecule has 2 heterocycles. The highest BCUT2D eigenvalue weighted by atomic mass is 32.2. The minimum absolute atomic E-state index is 0.161. The smallest absolute Gasteiger partial charge is 0.337 e. The summed E-state index contributed by atoms with van der Waals surface area (Å²) >= 11 is 2.94. The van der Waals surface area contributed by atoms with E-state index in [2.05, 4.69) is 20.0 Å². The van der Waals surface area contributed by atoms with Crippen molar-refractivity contribution < 1.29 is 14.3 Å². The molecule has 0 atom stereocenters. The number of aromatic nitrogens is 2. The van der Waals surface area contributed by atoms with Crippen molar-refractivity contribution in [2.45, 2.75) is 30.8 Å². The summed E-state index contributed by atoms with van der Waals surface area (Å²) in [6.07, 6.45) is 4.49. The maximum absolute atomic E-state index is 12.3. The number of nitrogens with two attached hydrogens (primary N) is 1. The normalized spacial score (nSPS) is 13.1.